The fourth-order valence-corrected chi connectivity index (χ4v) is 6.48. The van der Waals surface area contributed by atoms with Crippen molar-refractivity contribution in [2.24, 2.45) is 29.6 Å². The Morgan fingerprint density at radius 2 is 1.83 bits per heavy atom. The zero-order chi connectivity index (χ0) is 16.4. The first kappa shape index (κ1) is 17.5. The first-order valence-corrected chi connectivity index (χ1v) is 10.6. The van der Waals surface area contributed by atoms with E-state index < -0.39 is 0 Å². The molecule has 1 nitrogen and oxygen atoms in total. The van der Waals surface area contributed by atoms with Crippen LogP contribution in [0.15, 0.2) is 23.8 Å². The molecule has 3 aliphatic rings. The summed E-state index contributed by atoms with van der Waals surface area (Å²) in [6, 6.07) is 0. The minimum absolute atomic E-state index is 0.125. The molecule has 23 heavy (non-hydrogen) atoms. The Kier molecular flexibility index (Phi) is 5.50. The minimum atomic E-state index is -0.125. The van der Waals surface area contributed by atoms with Crippen molar-refractivity contribution in [3.8, 4) is 0 Å². The summed E-state index contributed by atoms with van der Waals surface area (Å²) in [6.07, 6.45) is 14.9. The predicted molar refractivity (Wildman–Crippen MR) is 101 cm³/mol. The summed E-state index contributed by atoms with van der Waals surface area (Å²) in [5.41, 5.74) is -0.125. The van der Waals surface area contributed by atoms with Gasteiger partial charge < -0.3 is 4.74 Å². The number of rotatable bonds is 4. The highest BCUT2D eigenvalue weighted by molar-refractivity contribution is 8.02. The van der Waals surface area contributed by atoms with E-state index in [4.69, 9.17) is 4.74 Å². The molecule has 0 N–H and O–H groups in total. The molecule has 2 fully saturated rings. The van der Waals surface area contributed by atoms with Crippen molar-refractivity contribution >= 4 is 11.8 Å². The van der Waals surface area contributed by atoms with E-state index in [1.54, 1.807) is 0 Å². The first-order valence-electron chi connectivity index (χ1n) is 9.60. The normalized spacial score (nSPS) is 36.9. The Morgan fingerprint density at radius 3 is 2.61 bits per heavy atom. The summed E-state index contributed by atoms with van der Waals surface area (Å²) < 4.78 is 5.96. The van der Waals surface area contributed by atoms with E-state index in [1.807, 2.05) is 11.8 Å². The Balaban J connectivity index is 1.66. The maximum atomic E-state index is 5.96. The molecule has 0 aromatic heterocycles. The molecule has 0 aromatic carbocycles. The quantitative estimate of drug-likeness (QED) is 0.433. The average molecular weight is 335 g/mol. The Morgan fingerprint density at radius 1 is 1.09 bits per heavy atom. The molecule has 0 amide bonds. The molecule has 3 rings (SSSR count). The highest BCUT2D eigenvalue weighted by atomic mass is 32.2. The van der Waals surface area contributed by atoms with Gasteiger partial charge in [-0.05, 0) is 82.6 Å². The summed E-state index contributed by atoms with van der Waals surface area (Å²) in [7, 11) is 0. The Hall–Kier alpha value is -0.370. The van der Waals surface area contributed by atoms with Crippen LogP contribution in [-0.2, 0) is 4.74 Å². The molecule has 5 unspecified atom stereocenters. The fraction of sp³-hybridized carbons (Fsp3) is 0.810. The second kappa shape index (κ2) is 7.25. The maximum absolute atomic E-state index is 5.96. The van der Waals surface area contributed by atoms with Crippen molar-refractivity contribution in [2.75, 3.05) is 5.75 Å². The number of hydrogen-bond acceptors (Lipinski definition) is 2. The van der Waals surface area contributed by atoms with E-state index >= 15 is 0 Å². The summed E-state index contributed by atoms with van der Waals surface area (Å²) in [5, 5.41) is 0.915. The second-order valence-electron chi connectivity index (χ2n) is 8.87. The van der Waals surface area contributed by atoms with Crippen molar-refractivity contribution in [3.63, 3.8) is 0 Å². The standard InChI is InChI=1S/C21H34OS/c1-15(22-21(2,3)4)23-14-20-18-11-7-5-9-16(18)13-17-10-6-8-12-19(17)20/h5,7,16-20H,1,6,8-14H2,2-4H3. The van der Waals surface area contributed by atoms with Gasteiger partial charge in [0.15, 0.2) is 0 Å². The SMILES string of the molecule is C=C(OC(C)(C)C)SCC1C2CC=CCC2CC2CCCCC21. The second-order valence-corrected chi connectivity index (χ2v) is 9.95. The lowest BCUT2D eigenvalue weighted by molar-refractivity contribution is 0.0207. The third-order valence-electron chi connectivity index (χ3n) is 6.15. The van der Waals surface area contributed by atoms with Crippen LogP contribution in [0.5, 0.6) is 0 Å². The Labute approximate surface area is 147 Å². The van der Waals surface area contributed by atoms with Crippen LogP contribution in [-0.4, -0.2) is 11.4 Å². The molecule has 0 saturated heterocycles. The van der Waals surface area contributed by atoms with Gasteiger partial charge in [0.05, 0.1) is 0 Å². The van der Waals surface area contributed by atoms with Crippen LogP contribution in [0.1, 0.15) is 65.7 Å². The topological polar surface area (TPSA) is 9.23 Å². The number of hydrogen-bond donors (Lipinski definition) is 0. The van der Waals surface area contributed by atoms with Crippen molar-refractivity contribution in [1.82, 2.24) is 0 Å². The number of allylic oxidation sites excluding steroid dienone is 2. The van der Waals surface area contributed by atoms with E-state index in [1.165, 1.54) is 50.7 Å². The van der Waals surface area contributed by atoms with E-state index in [-0.39, 0.29) is 5.60 Å². The van der Waals surface area contributed by atoms with E-state index in [0.29, 0.717) is 0 Å². The highest BCUT2D eigenvalue weighted by Crippen LogP contribution is 2.53. The van der Waals surface area contributed by atoms with Crippen LogP contribution in [0.2, 0.25) is 0 Å². The average Bonchev–Trinajstić information content (AvgIpc) is 2.49. The molecule has 0 spiro atoms. The third kappa shape index (κ3) is 4.38. The van der Waals surface area contributed by atoms with E-state index in [0.717, 1.165) is 34.7 Å². The Bertz CT molecular complexity index is 447. The highest BCUT2D eigenvalue weighted by Gasteiger charge is 2.44. The number of ether oxygens (including phenoxy) is 1. The smallest absolute Gasteiger partial charge is 0.146 e. The molecule has 0 bridgehead atoms. The van der Waals surface area contributed by atoms with E-state index in [2.05, 4.69) is 39.5 Å². The largest absolute Gasteiger partial charge is 0.483 e. The molecule has 0 heterocycles. The molecular weight excluding hydrogens is 300 g/mol. The van der Waals surface area contributed by atoms with Crippen molar-refractivity contribution in [1.29, 1.82) is 0 Å². The van der Waals surface area contributed by atoms with Gasteiger partial charge in [0.2, 0.25) is 0 Å². The molecule has 0 aliphatic heterocycles. The van der Waals surface area contributed by atoms with Gasteiger partial charge in [-0.2, -0.15) is 0 Å². The lowest BCUT2D eigenvalue weighted by atomic mass is 9.56. The minimum Gasteiger partial charge on any atom is -0.483 e. The van der Waals surface area contributed by atoms with Gasteiger partial charge in [0.1, 0.15) is 10.7 Å². The van der Waals surface area contributed by atoms with E-state index in [9.17, 15) is 0 Å². The van der Waals surface area contributed by atoms with Crippen LogP contribution in [0.4, 0.5) is 0 Å². The number of thioether (sulfide) groups is 1. The first-order chi connectivity index (χ1) is 10.9. The molecule has 0 aromatic rings. The monoisotopic (exact) mass is 334 g/mol. The van der Waals surface area contributed by atoms with Gasteiger partial charge in [-0.25, -0.2) is 0 Å². The molecule has 2 heteroatoms. The molecule has 3 aliphatic carbocycles. The summed E-state index contributed by atoms with van der Waals surface area (Å²) in [5.74, 6) is 5.90. The molecule has 5 atom stereocenters. The van der Waals surface area contributed by atoms with Gasteiger partial charge in [-0.3, -0.25) is 0 Å². The fourth-order valence-electron chi connectivity index (χ4n) is 5.29. The van der Waals surface area contributed by atoms with Crippen LogP contribution in [0.3, 0.4) is 0 Å². The van der Waals surface area contributed by atoms with Gasteiger partial charge in [-0.1, -0.05) is 43.2 Å². The van der Waals surface area contributed by atoms with Crippen molar-refractivity contribution in [2.45, 2.75) is 71.3 Å². The van der Waals surface area contributed by atoms with Crippen molar-refractivity contribution < 1.29 is 4.74 Å². The summed E-state index contributed by atoms with van der Waals surface area (Å²) in [6.45, 7) is 10.5. The van der Waals surface area contributed by atoms with Gasteiger partial charge in [0, 0.05) is 5.75 Å². The predicted octanol–water partition coefficient (Wildman–Crippen LogP) is 6.41. The molecule has 0 radical (unpaired) electrons. The molecule has 130 valence electrons. The van der Waals surface area contributed by atoms with Gasteiger partial charge >= 0.3 is 0 Å². The molecular formula is C21H34OS. The zero-order valence-electron chi connectivity index (χ0n) is 15.2. The van der Waals surface area contributed by atoms with Crippen LogP contribution in [0, 0.1) is 29.6 Å². The van der Waals surface area contributed by atoms with Crippen LogP contribution >= 0.6 is 11.8 Å². The third-order valence-corrected chi connectivity index (χ3v) is 7.11. The van der Waals surface area contributed by atoms with Gasteiger partial charge in [-0.15, -0.1) is 0 Å². The zero-order valence-corrected chi connectivity index (χ0v) is 16.0. The maximum Gasteiger partial charge on any atom is 0.146 e. The number of fused-ring (bicyclic) bond motifs is 2. The summed E-state index contributed by atoms with van der Waals surface area (Å²) in [4.78, 5) is 0. The molecule has 2 saturated carbocycles. The van der Waals surface area contributed by atoms with Crippen molar-refractivity contribution in [3.05, 3.63) is 23.8 Å². The summed E-state index contributed by atoms with van der Waals surface area (Å²) >= 11 is 1.88. The lowest BCUT2D eigenvalue weighted by Gasteiger charge is -2.50. The van der Waals surface area contributed by atoms with Crippen LogP contribution < -0.4 is 0 Å². The lowest BCUT2D eigenvalue weighted by Crippen LogP contribution is -2.43. The van der Waals surface area contributed by atoms with Gasteiger partial charge in [0.25, 0.3) is 0 Å². The van der Waals surface area contributed by atoms with Crippen LogP contribution in [0.25, 0.3) is 0 Å².